The van der Waals surface area contributed by atoms with E-state index in [1.54, 1.807) is 12.1 Å². The summed E-state index contributed by atoms with van der Waals surface area (Å²) in [5.74, 6) is 0.471. The molecule has 0 aliphatic rings. The van der Waals surface area contributed by atoms with Crippen molar-refractivity contribution in [2.45, 2.75) is 44.6 Å². The Morgan fingerprint density at radius 1 is 1.21 bits per heavy atom. The summed E-state index contributed by atoms with van der Waals surface area (Å²) >= 11 is 0. The topological polar surface area (TPSA) is 46.2 Å². The normalized spacial score (nSPS) is 13.7. The van der Waals surface area contributed by atoms with Gasteiger partial charge in [-0.2, -0.15) is 0 Å². The molecule has 0 aromatic heterocycles. The van der Waals surface area contributed by atoms with Gasteiger partial charge in [0.1, 0.15) is 0 Å². The molecule has 1 N–H and O–H groups in total. The first-order chi connectivity index (χ1) is 8.86. The van der Waals surface area contributed by atoms with E-state index in [0.29, 0.717) is 16.9 Å². The van der Waals surface area contributed by atoms with Crippen molar-refractivity contribution in [1.82, 2.24) is 5.32 Å². The van der Waals surface area contributed by atoms with Crippen molar-refractivity contribution < 1.29 is 8.42 Å². The standard InChI is InChI=1S/C15H25NO2S/c1-5-10-16-14(12(2)3)11-13-8-6-7-9-15(13)19(4,17)18/h6-9,12,14,16H,5,10-11H2,1-4H3. The molecule has 1 aromatic rings. The van der Waals surface area contributed by atoms with Gasteiger partial charge in [0.05, 0.1) is 4.90 Å². The molecule has 3 nitrogen and oxygen atoms in total. The van der Waals surface area contributed by atoms with Crippen molar-refractivity contribution in [3.05, 3.63) is 29.8 Å². The van der Waals surface area contributed by atoms with Gasteiger partial charge in [-0.1, -0.05) is 39.0 Å². The second-order valence-corrected chi connectivity index (χ2v) is 7.37. The number of nitrogens with one attached hydrogen (secondary N) is 1. The lowest BCUT2D eigenvalue weighted by Crippen LogP contribution is -2.36. The summed E-state index contributed by atoms with van der Waals surface area (Å²) in [6.45, 7) is 7.42. The first kappa shape index (κ1) is 16.2. The maximum Gasteiger partial charge on any atom is 0.175 e. The van der Waals surface area contributed by atoms with Gasteiger partial charge < -0.3 is 5.32 Å². The summed E-state index contributed by atoms with van der Waals surface area (Å²) in [5, 5.41) is 3.50. The summed E-state index contributed by atoms with van der Waals surface area (Å²) in [4.78, 5) is 0.457. The fraction of sp³-hybridized carbons (Fsp3) is 0.600. The van der Waals surface area contributed by atoms with E-state index in [4.69, 9.17) is 0 Å². The molecule has 19 heavy (non-hydrogen) atoms. The molecular formula is C15H25NO2S. The molecular weight excluding hydrogens is 258 g/mol. The number of hydrogen-bond acceptors (Lipinski definition) is 3. The van der Waals surface area contributed by atoms with Gasteiger partial charge in [0.15, 0.2) is 9.84 Å². The van der Waals surface area contributed by atoms with Gasteiger partial charge in [-0.05, 0) is 36.9 Å². The van der Waals surface area contributed by atoms with Gasteiger partial charge in [0, 0.05) is 12.3 Å². The molecule has 0 radical (unpaired) electrons. The molecule has 0 saturated carbocycles. The summed E-state index contributed by atoms with van der Waals surface area (Å²) in [7, 11) is -3.15. The van der Waals surface area contributed by atoms with Crippen molar-refractivity contribution in [2.75, 3.05) is 12.8 Å². The lowest BCUT2D eigenvalue weighted by Gasteiger charge is -2.23. The molecule has 4 heteroatoms. The summed E-state index contributed by atoms with van der Waals surface area (Å²) in [6.07, 6.45) is 3.10. The maximum absolute atomic E-state index is 11.8. The smallest absolute Gasteiger partial charge is 0.175 e. The predicted molar refractivity (Wildman–Crippen MR) is 80.2 cm³/mol. The molecule has 0 amide bonds. The molecule has 0 saturated heterocycles. The Labute approximate surface area is 117 Å². The Morgan fingerprint density at radius 3 is 2.37 bits per heavy atom. The van der Waals surface area contributed by atoms with E-state index in [1.807, 2.05) is 12.1 Å². The van der Waals surface area contributed by atoms with Crippen LogP contribution in [0.15, 0.2) is 29.2 Å². The van der Waals surface area contributed by atoms with Gasteiger partial charge in [-0.3, -0.25) is 0 Å². The van der Waals surface area contributed by atoms with Crippen LogP contribution in [0.4, 0.5) is 0 Å². The van der Waals surface area contributed by atoms with Crippen molar-refractivity contribution in [2.24, 2.45) is 5.92 Å². The Bertz CT molecular complexity index is 495. The van der Waals surface area contributed by atoms with Gasteiger partial charge in [-0.15, -0.1) is 0 Å². The maximum atomic E-state index is 11.8. The van der Waals surface area contributed by atoms with E-state index in [1.165, 1.54) is 6.26 Å². The summed E-state index contributed by atoms with van der Waals surface area (Å²) in [5.41, 5.74) is 0.910. The van der Waals surface area contributed by atoms with Crippen LogP contribution in [0.25, 0.3) is 0 Å². The predicted octanol–water partition coefficient (Wildman–Crippen LogP) is 2.66. The zero-order chi connectivity index (χ0) is 14.5. The Hall–Kier alpha value is -0.870. The number of benzene rings is 1. The lowest BCUT2D eigenvalue weighted by atomic mass is 9.96. The fourth-order valence-electron chi connectivity index (χ4n) is 2.14. The minimum atomic E-state index is -3.15. The molecule has 1 atom stereocenters. The van der Waals surface area contributed by atoms with E-state index < -0.39 is 9.84 Å². The van der Waals surface area contributed by atoms with Crippen molar-refractivity contribution in [1.29, 1.82) is 0 Å². The number of rotatable bonds is 7. The quantitative estimate of drug-likeness (QED) is 0.837. The zero-order valence-corrected chi connectivity index (χ0v) is 13.1. The molecule has 0 aliphatic carbocycles. The molecule has 0 spiro atoms. The SMILES string of the molecule is CCCNC(Cc1ccccc1S(C)(=O)=O)C(C)C. The third-order valence-corrected chi connectivity index (χ3v) is 4.47. The Kier molecular flexibility index (Phi) is 6.01. The number of hydrogen-bond donors (Lipinski definition) is 1. The highest BCUT2D eigenvalue weighted by Gasteiger charge is 2.18. The van der Waals surface area contributed by atoms with Crippen LogP contribution in [0.1, 0.15) is 32.8 Å². The monoisotopic (exact) mass is 283 g/mol. The Morgan fingerprint density at radius 2 is 1.84 bits per heavy atom. The van der Waals surface area contributed by atoms with Gasteiger partial charge >= 0.3 is 0 Å². The van der Waals surface area contributed by atoms with Crippen LogP contribution in [0, 0.1) is 5.92 Å². The number of sulfone groups is 1. The third-order valence-electron chi connectivity index (χ3n) is 3.27. The minimum absolute atomic E-state index is 0.308. The van der Waals surface area contributed by atoms with E-state index in [0.717, 1.165) is 24.9 Å². The van der Waals surface area contributed by atoms with Crippen molar-refractivity contribution in [3.8, 4) is 0 Å². The van der Waals surface area contributed by atoms with Crippen LogP contribution < -0.4 is 5.32 Å². The van der Waals surface area contributed by atoms with Crippen LogP contribution in [0.3, 0.4) is 0 Å². The largest absolute Gasteiger partial charge is 0.313 e. The molecule has 0 aliphatic heterocycles. The van der Waals surface area contributed by atoms with Crippen molar-refractivity contribution in [3.63, 3.8) is 0 Å². The molecule has 0 fully saturated rings. The summed E-state index contributed by atoms with van der Waals surface area (Å²) < 4.78 is 23.6. The summed E-state index contributed by atoms with van der Waals surface area (Å²) in [6, 6.07) is 7.61. The molecule has 0 heterocycles. The highest BCUT2D eigenvalue weighted by molar-refractivity contribution is 7.90. The van der Waals surface area contributed by atoms with Gasteiger partial charge in [-0.25, -0.2) is 8.42 Å². The van der Waals surface area contributed by atoms with Crippen LogP contribution in [-0.4, -0.2) is 27.3 Å². The molecule has 1 rings (SSSR count). The highest BCUT2D eigenvalue weighted by atomic mass is 32.2. The van der Waals surface area contributed by atoms with E-state index in [2.05, 4.69) is 26.1 Å². The second-order valence-electron chi connectivity index (χ2n) is 5.39. The molecule has 108 valence electrons. The van der Waals surface area contributed by atoms with E-state index in [9.17, 15) is 8.42 Å². The Balaban J connectivity index is 2.97. The average Bonchev–Trinajstić information content (AvgIpc) is 2.33. The molecule has 0 bridgehead atoms. The van der Waals surface area contributed by atoms with Crippen LogP contribution >= 0.6 is 0 Å². The molecule has 1 unspecified atom stereocenters. The first-order valence-corrected chi connectivity index (χ1v) is 8.76. The lowest BCUT2D eigenvalue weighted by molar-refractivity contribution is 0.395. The van der Waals surface area contributed by atoms with Crippen LogP contribution in [-0.2, 0) is 16.3 Å². The van der Waals surface area contributed by atoms with E-state index in [-0.39, 0.29) is 0 Å². The highest BCUT2D eigenvalue weighted by Crippen LogP contribution is 2.19. The van der Waals surface area contributed by atoms with Gasteiger partial charge in [0.25, 0.3) is 0 Å². The minimum Gasteiger partial charge on any atom is -0.313 e. The third kappa shape index (κ3) is 4.96. The first-order valence-electron chi connectivity index (χ1n) is 6.87. The fourth-order valence-corrected chi connectivity index (χ4v) is 3.10. The van der Waals surface area contributed by atoms with Crippen LogP contribution in [0.5, 0.6) is 0 Å². The van der Waals surface area contributed by atoms with Crippen LogP contribution in [0.2, 0.25) is 0 Å². The van der Waals surface area contributed by atoms with E-state index >= 15 is 0 Å². The molecule has 1 aromatic carbocycles. The zero-order valence-electron chi connectivity index (χ0n) is 12.3. The van der Waals surface area contributed by atoms with Gasteiger partial charge in [0.2, 0.25) is 0 Å². The second kappa shape index (κ2) is 7.06. The average molecular weight is 283 g/mol. The van der Waals surface area contributed by atoms with Crippen molar-refractivity contribution >= 4 is 9.84 Å².